The van der Waals surface area contributed by atoms with Crippen LogP contribution in [0.2, 0.25) is 0 Å². The van der Waals surface area contributed by atoms with E-state index in [-0.39, 0.29) is 0 Å². The molecule has 5 heterocycles. The smallest absolute Gasteiger partial charge is 0.160 e. The summed E-state index contributed by atoms with van der Waals surface area (Å²) in [6.07, 6.45) is 0. The first-order valence-electron chi connectivity index (χ1n) is 25.7. The van der Waals surface area contributed by atoms with Gasteiger partial charge in [0.25, 0.3) is 0 Å². The molecule has 0 saturated heterocycles. The van der Waals surface area contributed by atoms with Crippen LogP contribution in [-0.4, -0.2) is 19.1 Å². The lowest BCUT2D eigenvalue weighted by atomic mass is 9.94. The lowest BCUT2D eigenvalue weighted by molar-refractivity contribution is 0.668. The minimum absolute atomic E-state index is 0.616. The molecule has 16 rings (SSSR count). The molecule has 16 aromatic rings. The van der Waals surface area contributed by atoms with Gasteiger partial charge in [0.15, 0.2) is 5.82 Å². The fourth-order valence-electron chi connectivity index (χ4n) is 11.8. The first kappa shape index (κ1) is 42.2. The van der Waals surface area contributed by atoms with Crippen molar-refractivity contribution in [3.05, 3.63) is 255 Å². The Kier molecular flexibility index (Phi) is 9.23. The van der Waals surface area contributed by atoms with Crippen molar-refractivity contribution >= 4 is 87.5 Å². The number of furan rings is 2. The van der Waals surface area contributed by atoms with Crippen LogP contribution >= 0.6 is 0 Å². The van der Waals surface area contributed by atoms with Gasteiger partial charge in [-0.1, -0.05) is 152 Å². The standard InChI is InChI=1S/C70H42N4O2/c1-2-16-43(17-3-1)60-42-61(48-37-50(73-62-24-10-4-18-52(62)53-19-5-11-25-63(53)73)41-51(38-48)74-64-26-12-6-20-54(64)55-21-7-13-27-65(55)74)72-70(71-60)49-35-46(44-30-32-68-58(39-44)56-22-8-14-28-66(56)75-68)34-47(36-49)45-31-33-69-59(40-45)57-23-9-15-29-67(57)76-69/h1-42H. The molecule has 76 heavy (non-hydrogen) atoms. The van der Waals surface area contributed by atoms with E-state index in [1.54, 1.807) is 0 Å². The van der Waals surface area contributed by atoms with Crippen LogP contribution in [0.4, 0.5) is 0 Å². The first-order chi connectivity index (χ1) is 37.6. The molecular formula is C70H42N4O2. The van der Waals surface area contributed by atoms with Gasteiger partial charge in [-0.2, -0.15) is 0 Å². The van der Waals surface area contributed by atoms with Gasteiger partial charge in [-0.15, -0.1) is 0 Å². The number of nitrogens with zero attached hydrogens (tertiary/aromatic N) is 4. The molecule has 11 aromatic carbocycles. The highest BCUT2D eigenvalue weighted by atomic mass is 16.3. The van der Waals surface area contributed by atoms with Gasteiger partial charge in [-0.25, -0.2) is 9.97 Å². The number of fused-ring (bicyclic) bond motifs is 12. The molecular weight excluding hydrogens is 929 g/mol. The van der Waals surface area contributed by atoms with Crippen LogP contribution in [-0.2, 0) is 0 Å². The number of hydrogen-bond acceptors (Lipinski definition) is 4. The second-order valence-electron chi connectivity index (χ2n) is 19.7. The first-order valence-corrected chi connectivity index (χ1v) is 25.7. The molecule has 0 atom stereocenters. The third-order valence-electron chi connectivity index (χ3n) is 15.3. The predicted molar refractivity (Wildman–Crippen MR) is 312 cm³/mol. The molecule has 6 heteroatoms. The third kappa shape index (κ3) is 6.67. The fraction of sp³-hybridized carbons (Fsp3) is 0. The number of rotatable bonds is 7. The Bertz CT molecular complexity index is 4640. The zero-order chi connectivity index (χ0) is 49.8. The third-order valence-corrected chi connectivity index (χ3v) is 15.3. The van der Waals surface area contributed by atoms with Crippen molar-refractivity contribution in [3.8, 4) is 67.5 Å². The van der Waals surface area contributed by atoms with E-state index in [1.165, 1.54) is 21.5 Å². The monoisotopic (exact) mass is 970 g/mol. The van der Waals surface area contributed by atoms with E-state index in [9.17, 15) is 0 Å². The quantitative estimate of drug-likeness (QED) is 0.160. The van der Waals surface area contributed by atoms with E-state index in [0.29, 0.717) is 5.82 Å². The zero-order valence-electron chi connectivity index (χ0n) is 40.9. The Morgan fingerprint density at radius 3 is 1.09 bits per heavy atom. The van der Waals surface area contributed by atoms with Gasteiger partial charge in [0, 0.05) is 71.2 Å². The van der Waals surface area contributed by atoms with Crippen molar-refractivity contribution in [2.45, 2.75) is 0 Å². The van der Waals surface area contributed by atoms with E-state index >= 15 is 0 Å². The maximum atomic E-state index is 6.32. The summed E-state index contributed by atoms with van der Waals surface area (Å²) < 4.78 is 17.5. The highest BCUT2D eigenvalue weighted by Crippen LogP contribution is 2.42. The minimum atomic E-state index is 0.616. The van der Waals surface area contributed by atoms with Crippen LogP contribution in [0.5, 0.6) is 0 Å². The van der Waals surface area contributed by atoms with Crippen molar-refractivity contribution < 1.29 is 8.83 Å². The summed E-state index contributed by atoms with van der Waals surface area (Å²) in [5.41, 5.74) is 18.7. The summed E-state index contributed by atoms with van der Waals surface area (Å²) in [7, 11) is 0. The second-order valence-corrected chi connectivity index (χ2v) is 19.7. The average Bonchev–Trinajstić information content (AvgIpc) is 4.28. The van der Waals surface area contributed by atoms with Crippen LogP contribution < -0.4 is 0 Å². The van der Waals surface area contributed by atoms with Gasteiger partial charge in [-0.3, -0.25) is 0 Å². The van der Waals surface area contributed by atoms with E-state index < -0.39 is 0 Å². The van der Waals surface area contributed by atoms with E-state index in [4.69, 9.17) is 18.8 Å². The molecule has 0 saturated carbocycles. The Hall–Kier alpha value is -10.3. The zero-order valence-corrected chi connectivity index (χ0v) is 40.9. The maximum Gasteiger partial charge on any atom is 0.160 e. The predicted octanol–water partition coefficient (Wildman–Crippen LogP) is 18.8. The summed E-state index contributed by atoms with van der Waals surface area (Å²) >= 11 is 0. The van der Waals surface area contributed by atoms with Gasteiger partial charge >= 0.3 is 0 Å². The molecule has 0 N–H and O–H groups in total. The van der Waals surface area contributed by atoms with Gasteiger partial charge in [0.2, 0.25) is 0 Å². The van der Waals surface area contributed by atoms with Crippen molar-refractivity contribution in [2.24, 2.45) is 0 Å². The Balaban J connectivity index is 0.963. The lowest BCUT2D eigenvalue weighted by Crippen LogP contribution is -2.02. The summed E-state index contributed by atoms with van der Waals surface area (Å²) in [5.74, 6) is 0.616. The summed E-state index contributed by atoms with van der Waals surface area (Å²) in [5, 5.41) is 9.11. The Morgan fingerprint density at radius 2 is 0.618 bits per heavy atom. The number of aromatic nitrogens is 4. The average molecular weight is 971 g/mol. The molecule has 0 bridgehead atoms. The highest BCUT2D eigenvalue weighted by molar-refractivity contribution is 6.12. The molecule has 0 radical (unpaired) electrons. The molecule has 354 valence electrons. The number of hydrogen-bond donors (Lipinski definition) is 0. The molecule has 0 aliphatic heterocycles. The topological polar surface area (TPSA) is 61.9 Å². The molecule has 0 aliphatic carbocycles. The van der Waals surface area contributed by atoms with Crippen molar-refractivity contribution in [2.75, 3.05) is 0 Å². The number of benzene rings is 11. The van der Waals surface area contributed by atoms with Crippen LogP contribution in [0.3, 0.4) is 0 Å². The Labute approximate surface area is 435 Å². The molecule has 0 unspecified atom stereocenters. The van der Waals surface area contributed by atoms with E-state index in [1.807, 2.05) is 24.3 Å². The molecule has 6 nitrogen and oxygen atoms in total. The van der Waals surface area contributed by atoms with Gasteiger partial charge in [0.05, 0.1) is 33.5 Å². The van der Waals surface area contributed by atoms with Crippen LogP contribution in [0.15, 0.2) is 264 Å². The van der Waals surface area contributed by atoms with Gasteiger partial charge in [0.1, 0.15) is 22.3 Å². The van der Waals surface area contributed by atoms with E-state index in [0.717, 1.165) is 128 Å². The van der Waals surface area contributed by atoms with Gasteiger partial charge in [-0.05, 0) is 125 Å². The largest absolute Gasteiger partial charge is 0.456 e. The van der Waals surface area contributed by atoms with Crippen LogP contribution in [0.25, 0.3) is 155 Å². The minimum Gasteiger partial charge on any atom is -0.456 e. The summed E-state index contributed by atoms with van der Waals surface area (Å²) in [4.78, 5) is 11.2. The summed E-state index contributed by atoms with van der Waals surface area (Å²) in [6, 6.07) is 90.6. The second kappa shape index (κ2) is 16.6. The number of para-hydroxylation sites is 6. The van der Waals surface area contributed by atoms with E-state index in [2.05, 4.69) is 240 Å². The maximum absolute atomic E-state index is 6.32. The lowest BCUT2D eigenvalue weighted by Gasteiger charge is -2.17. The van der Waals surface area contributed by atoms with Crippen LogP contribution in [0, 0.1) is 0 Å². The molecule has 0 fully saturated rings. The molecule has 5 aromatic heterocycles. The Morgan fingerprint density at radius 1 is 0.237 bits per heavy atom. The molecule has 0 amide bonds. The molecule has 0 aliphatic rings. The van der Waals surface area contributed by atoms with Gasteiger partial charge < -0.3 is 18.0 Å². The molecule has 0 spiro atoms. The SMILES string of the molecule is c1ccc(-c2cc(-c3cc(-n4c5ccccc5c5ccccc54)cc(-n4c5ccccc5c5ccccc54)c3)nc(-c3cc(-c4ccc5oc6ccccc6c5c4)cc(-c4ccc5oc6ccccc6c5c4)c3)n2)cc1. The van der Waals surface area contributed by atoms with Crippen molar-refractivity contribution in [1.29, 1.82) is 0 Å². The normalized spacial score (nSPS) is 11.9. The van der Waals surface area contributed by atoms with Crippen LogP contribution in [0.1, 0.15) is 0 Å². The summed E-state index contributed by atoms with van der Waals surface area (Å²) in [6.45, 7) is 0. The van der Waals surface area contributed by atoms with Crippen molar-refractivity contribution in [1.82, 2.24) is 19.1 Å². The fourth-order valence-corrected chi connectivity index (χ4v) is 11.8. The van der Waals surface area contributed by atoms with Crippen molar-refractivity contribution in [3.63, 3.8) is 0 Å². The highest BCUT2D eigenvalue weighted by Gasteiger charge is 2.21.